The Morgan fingerprint density at radius 3 is 2.69 bits per heavy atom. The number of benzene rings is 2. The highest BCUT2D eigenvalue weighted by atomic mass is 16.5. The van der Waals surface area contributed by atoms with Crippen molar-refractivity contribution in [3.8, 4) is 5.75 Å². The molecule has 192 valence electrons. The molecule has 1 aliphatic heterocycles. The van der Waals surface area contributed by atoms with Crippen LogP contribution in [-0.4, -0.2) is 31.3 Å². The maximum Gasteiger partial charge on any atom is 0.251 e. The van der Waals surface area contributed by atoms with Crippen LogP contribution in [0.2, 0.25) is 0 Å². The summed E-state index contributed by atoms with van der Waals surface area (Å²) < 4.78 is 11.4. The van der Waals surface area contributed by atoms with Crippen LogP contribution in [0.15, 0.2) is 42.5 Å². The van der Waals surface area contributed by atoms with Crippen molar-refractivity contribution >= 4 is 5.91 Å². The molecule has 3 fully saturated rings. The normalized spacial score (nSPS) is 28.7. The molecule has 1 amide bonds. The van der Waals surface area contributed by atoms with E-state index in [0.29, 0.717) is 12.2 Å². The summed E-state index contributed by atoms with van der Waals surface area (Å²) in [7, 11) is 0. The summed E-state index contributed by atoms with van der Waals surface area (Å²) in [5.74, 6) is 3.92. The standard InChI is InChI=1S/C32H41NO3/c34-32(24-11-14-30(15-12-24)36-21-31-5-2-16-35-31)33-29-13-10-27-17-22(6-8-28(27)20-29)3-1-4-25-18-23-7-9-26(25)19-23/h6,8,11-12,14-15,17,23,25-26,29,31H,1-5,7,9-10,13,16,18-21H2,(H,33,34)/t23-,25-,26-,29+,31+/m1/s1. The fourth-order valence-electron chi connectivity index (χ4n) is 7.32. The van der Waals surface area contributed by atoms with E-state index >= 15 is 0 Å². The fourth-order valence-corrected chi connectivity index (χ4v) is 7.32. The highest BCUT2D eigenvalue weighted by Crippen LogP contribution is 2.50. The molecule has 2 saturated carbocycles. The van der Waals surface area contributed by atoms with Crippen molar-refractivity contribution in [3.63, 3.8) is 0 Å². The molecule has 2 bridgehead atoms. The van der Waals surface area contributed by atoms with Gasteiger partial charge in [0.2, 0.25) is 0 Å². The number of hydrogen-bond acceptors (Lipinski definition) is 3. The minimum absolute atomic E-state index is 0.00589. The zero-order chi connectivity index (χ0) is 24.3. The largest absolute Gasteiger partial charge is 0.491 e. The molecule has 0 unspecified atom stereocenters. The molecule has 4 nitrogen and oxygen atoms in total. The fraction of sp³-hybridized carbons (Fsp3) is 0.594. The predicted molar refractivity (Wildman–Crippen MR) is 143 cm³/mol. The van der Waals surface area contributed by atoms with E-state index in [1.54, 1.807) is 0 Å². The van der Waals surface area contributed by atoms with Crippen molar-refractivity contribution in [3.05, 3.63) is 64.7 Å². The van der Waals surface area contributed by atoms with E-state index in [0.717, 1.165) is 62.2 Å². The van der Waals surface area contributed by atoms with Crippen molar-refractivity contribution in [2.45, 2.75) is 89.2 Å². The Morgan fingerprint density at radius 1 is 1.00 bits per heavy atom. The van der Waals surface area contributed by atoms with E-state index in [9.17, 15) is 4.79 Å². The van der Waals surface area contributed by atoms with Crippen LogP contribution in [0.1, 0.15) is 84.8 Å². The van der Waals surface area contributed by atoms with E-state index < -0.39 is 0 Å². The number of carbonyl (C=O) groups is 1. The smallest absolute Gasteiger partial charge is 0.251 e. The maximum absolute atomic E-state index is 12.9. The summed E-state index contributed by atoms with van der Waals surface area (Å²) in [4.78, 5) is 12.9. The van der Waals surface area contributed by atoms with Gasteiger partial charge in [0.1, 0.15) is 12.4 Å². The van der Waals surface area contributed by atoms with Gasteiger partial charge in [0, 0.05) is 18.2 Å². The molecule has 1 saturated heterocycles. The topological polar surface area (TPSA) is 47.6 Å². The summed E-state index contributed by atoms with van der Waals surface area (Å²) in [6.07, 6.45) is 15.4. The third kappa shape index (κ3) is 5.64. The van der Waals surface area contributed by atoms with Crippen LogP contribution in [0, 0.1) is 17.8 Å². The maximum atomic E-state index is 12.9. The molecule has 1 heterocycles. The second-order valence-corrected chi connectivity index (χ2v) is 11.8. The SMILES string of the molecule is O=C(N[C@H]1CCc2cc(CCC[C@@H]3C[C@H]4CC[C@@H]3C4)ccc2C1)c1ccc(OC[C@@H]2CCCO2)cc1. The van der Waals surface area contributed by atoms with Crippen LogP contribution in [0.25, 0.3) is 0 Å². The van der Waals surface area contributed by atoms with Crippen molar-refractivity contribution in [2.75, 3.05) is 13.2 Å². The minimum Gasteiger partial charge on any atom is -0.491 e. The first-order valence-electron chi connectivity index (χ1n) is 14.5. The average molecular weight is 488 g/mol. The second-order valence-electron chi connectivity index (χ2n) is 11.8. The molecular weight excluding hydrogens is 446 g/mol. The van der Waals surface area contributed by atoms with Gasteiger partial charge in [-0.05, 0) is 129 Å². The lowest BCUT2D eigenvalue weighted by atomic mass is 9.84. The van der Waals surface area contributed by atoms with Crippen LogP contribution in [0.4, 0.5) is 0 Å². The Kier molecular flexibility index (Phi) is 7.32. The van der Waals surface area contributed by atoms with Crippen LogP contribution >= 0.6 is 0 Å². The minimum atomic E-state index is 0.00589. The first kappa shape index (κ1) is 24.0. The van der Waals surface area contributed by atoms with Crippen molar-refractivity contribution in [1.29, 1.82) is 0 Å². The predicted octanol–water partition coefficient (Wildman–Crippen LogP) is 6.29. The van der Waals surface area contributed by atoms with Gasteiger partial charge in [-0.3, -0.25) is 4.79 Å². The van der Waals surface area contributed by atoms with Gasteiger partial charge in [-0.25, -0.2) is 0 Å². The number of fused-ring (bicyclic) bond motifs is 3. The highest BCUT2D eigenvalue weighted by molar-refractivity contribution is 5.94. The molecule has 5 atom stereocenters. The molecule has 36 heavy (non-hydrogen) atoms. The number of rotatable bonds is 9. The quantitative estimate of drug-likeness (QED) is 0.452. The molecular formula is C32H41NO3. The van der Waals surface area contributed by atoms with Crippen LogP contribution in [-0.2, 0) is 24.0 Å². The van der Waals surface area contributed by atoms with Gasteiger partial charge in [0.15, 0.2) is 0 Å². The summed E-state index contributed by atoms with van der Waals surface area (Å²) in [6, 6.07) is 14.8. The third-order valence-electron chi connectivity index (χ3n) is 9.34. The van der Waals surface area contributed by atoms with Crippen molar-refractivity contribution in [2.24, 2.45) is 17.8 Å². The molecule has 0 radical (unpaired) electrons. The summed E-state index contributed by atoms with van der Waals surface area (Å²) >= 11 is 0. The van der Waals surface area contributed by atoms with E-state index in [1.807, 2.05) is 24.3 Å². The molecule has 2 aromatic carbocycles. The molecule has 1 N–H and O–H groups in total. The number of hydrogen-bond donors (Lipinski definition) is 1. The van der Waals surface area contributed by atoms with E-state index in [-0.39, 0.29) is 18.1 Å². The Labute approximate surface area is 216 Å². The van der Waals surface area contributed by atoms with Gasteiger partial charge < -0.3 is 14.8 Å². The van der Waals surface area contributed by atoms with Crippen molar-refractivity contribution < 1.29 is 14.3 Å². The van der Waals surface area contributed by atoms with Gasteiger partial charge in [-0.2, -0.15) is 0 Å². The lowest BCUT2D eigenvalue weighted by molar-refractivity contribution is 0.0679. The Morgan fingerprint density at radius 2 is 1.92 bits per heavy atom. The van der Waals surface area contributed by atoms with Gasteiger partial charge in [-0.1, -0.05) is 24.6 Å². The molecule has 0 spiro atoms. The summed E-state index contributed by atoms with van der Waals surface area (Å²) in [5, 5.41) is 3.27. The van der Waals surface area contributed by atoms with Crippen LogP contribution in [0.3, 0.4) is 0 Å². The first-order chi connectivity index (χ1) is 17.7. The lowest BCUT2D eigenvalue weighted by Crippen LogP contribution is -2.38. The summed E-state index contributed by atoms with van der Waals surface area (Å²) in [5.41, 5.74) is 5.09. The monoisotopic (exact) mass is 487 g/mol. The van der Waals surface area contributed by atoms with Crippen molar-refractivity contribution in [1.82, 2.24) is 5.32 Å². The van der Waals surface area contributed by atoms with Gasteiger partial charge in [-0.15, -0.1) is 0 Å². The first-order valence-corrected chi connectivity index (χ1v) is 14.5. The zero-order valence-corrected chi connectivity index (χ0v) is 21.6. The number of nitrogens with one attached hydrogen (secondary N) is 1. The molecule has 4 heteroatoms. The van der Waals surface area contributed by atoms with Gasteiger partial charge >= 0.3 is 0 Å². The number of ether oxygens (including phenoxy) is 2. The average Bonchev–Trinajstić information content (AvgIpc) is 3.67. The third-order valence-corrected chi connectivity index (χ3v) is 9.34. The zero-order valence-electron chi connectivity index (χ0n) is 21.6. The molecule has 6 rings (SSSR count). The second kappa shape index (κ2) is 11.0. The molecule has 2 aromatic rings. The molecule has 3 aliphatic carbocycles. The van der Waals surface area contributed by atoms with Gasteiger partial charge in [0.05, 0.1) is 6.10 Å². The van der Waals surface area contributed by atoms with Gasteiger partial charge in [0.25, 0.3) is 5.91 Å². The Hall–Kier alpha value is -2.33. The van der Waals surface area contributed by atoms with E-state index in [1.165, 1.54) is 61.6 Å². The Bertz CT molecular complexity index is 1040. The number of carbonyl (C=O) groups excluding carboxylic acids is 1. The van der Waals surface area contributed by atoms with E-state index in [2.05, 4.69) is 23.5 Å². The van der Waals surface area contributed by atoms with Crippen LogP contribution < -0.4 is 10.1 Å². The number of aryl methyl sites for hydroxylation is 2. The highest BCUT2D eigenvalue weighted by Gasteiger charge is 2.38. The van der Waals surface area contributed by atoms with Crippen LogP contribution in [0.5, 0.6) is 5.75 Å². The van der Waals surface area contributed by atoms with E-state index in [4.69, 9.17) is 9.47 Å². The molecule has 4 aliphatic rings. The summed E-state index contributed by atoms with van der Waals surface area (Å²) in [6.45, 7) is 1.41. The molecule has 0 aromatic heterocycles. The lowest BCUT2D eigenvalue weighted by Gasteiger charge is -2.26. The Balaban J connectivity index is 0.960. The number of amides is 1.